The van der Waals surface area contributed by atoms with Gasteiger partial charge in [0.25, 0.3) is 0 Å². The first kappa shape index (κ1) is 12.8. The zero-order valence-corrected chi connectivity index (χ0v) is 10.5. The summed E-state index contributed by atoms with van der Waals surface area (Å²) in [4.78, 5) is 0. The van der Waals surface area contributed by atoms with Crippen molar-refractivity contribution in [3.8, 4) is 11.5 Å². The van der Waals surface area contributed by atoms with E-state index in [1.54, 1.807) is 7.11 Å². The Morgan fingerprint density at radius 3 is 2.56 bits per heavy atom. The highest BCUT2D eigenvalue weighted by atomic mass is 16.5. The third-order valence-electron chi connectivity index (χ3n) is 3.13. The number of aryl methyl sites for hydroxylation is 1. The molecule has 3 heteroatoms. The highest BCUT2D eigenvalue weighted by Crippen LogP contribution is 2.39. The fraction of sp³-hybridized carbons (Fsp3) is 0.538. The molecule has 1 aromatic rings. The Balaban J connectivity index is 3.25. The highest BCUT2D eigenvalue weighted by molar-refractivity contribution is 5.55. The SMILES string of the molecule is COc1c(C)c(C)cc(C(C)CCN)c1O. The van der Waals surface area contributed by atoms with Crippen molar-refractivity contribution in [2.24, 2.45) is 5.73 Å². The average Bonchev–Trinajstić information content (AvgIpc) is 2.24. The van der Waals surface area contributed by atoms with Gasteiger partial charge in [0, 0.05) is 5.56 Å². The van der Waals surface area contributed by atoms with E-state index in [0.717, 1.165) is 23.1 Å². The van der Waals surface area contributed by atoms with E-state index in [4.69, 9.17) is 10.5 Å². The molecule has 3 N–H and O–H groups in total. The third-order valence-corrected chi connectivity index (χ3v) is 3.13. The zero-order valence-electron chi connectivity index (χ0n) is 10.5. The van der Waals surface area contributed by atoms with Crippen LogP contribution in [0.4, 0.5) is 0 Å². The van der Waals surface area contributed by atoms with Crippen molar-refractivity contribution in [2.75, 3.05) is 13.7 Å². The number of hydrogen-bond acceptors (Lipinski definition) is 3. The van der Waals surface area contributed by atoms with Crippen molar-refractivity contribution in [1.29, 1.82) is 0 Å². The number of phenolic OH excluding ortho intramolecular Hbond substituents is 1. The molecule has 0 radical (unpaired) electrons. The monoisotopic (exact) mass is 223 g/mol. The van der Waals surface area contributed by atoms with Gasteiger partial charge in [-0.3, -0.25) is 0 Å². The lowest BCUT2D eigenvalue weighted by Crippen LogP contribution is -2.06. The lowest BCUT2D eigenvalue weighted by atomic mass is 9.93. The first-order chi connectivity index (χ1) is 7.52. The van der Waals surface area contributed by atoms with Gasteiger partial charge in [-0.25, -0.2) is 0 Å². The molecular formula is C13H21NO2. The lowest BCUT2D eigenvalue weighted by molar-refractivity contribution is 0.365. The molecule has 0 saturated carbocycles. The summed E-state index contributed by atoms with van der Waals surface area (Å²) in [6.45, 7) is 6.66. The van der Waals surface area contributed by atoms with E-state index in [1.165, 1.54) is 0 Å². The molecule has 0 fully saturated rings. The van der Waals surface area contributed by atoms with Crippen molar-refractivity contribution in [2.45, 2.75) is 33.1 Å². The normalized spacial score (nSPS) is 12.6. The summed E-state index contributed by atoms with van der Waals surface area (Å²) in [6, 6.07) is 2.02. The van der Waals surface area contributed by atoms with Crippen LogP contribution < -0.4 is 10.5 Å². The number of phenols is 1. The van der Waals surface area contributed by atoms with Gasteiger partial charge in [0.1, 0.15) is 0 Å². The topological polar surface area (TPSA) is 55.5 Å². The predicted molar refractivity (Wildman–Crippen MR) is 66.2 cm³/mol. The number of ether oxygens (including phenoxy) is 1. The Kier molecular flexibility index (Phi) is 4.19. The van der Waals surface area contributed by atoms with Crippen molar-refractivity contribution < 1.29 is 9.84 Å². The van der Waals surface area contributed by atoms with Gasteiger partial charge >= 0.3 is 0 Å². The number of methoxy groups -OCH3 is 1. The molecular weight excluding hydrogens is 202 g/mol. The fourth-order valence-electron chi connectivity index (χ4n) is 1.93. The van der Waals surface area contributed by atoms with Crippen LogP contribution in [-0.2, 0) is 0 Å². The Morgan fingerprint density at radius 2 is 2.06 bits per heavy atom. The second-order valence-corrected chi connectivity index (χ2v) is 4.27. The molecule has 1 atom stereocenters. The highest BCUT2D eigenvalue weighted by Gasteiger charge is 2.17. The van der Waals surface area contributed by atoms with E-state index in [1.807, 2.05) is 19.9 Å². The molecule has 3 nitrogen and oxygen atoms in total. The summed E-state index contributed by atoms with van der Waals surface area (Å²) < 4.78 is 5.24. The van der Waals surface area contributed by atoms with Gasteiger partial charge < -0.3 is 15.6 Å². The summed E-state index contributed by atoms with van der Waals surface area (Å²) in [6.07, 6.45) is 0.860. The van der Waals surface area contributed by atoms with Crippen molar-refractivity contribution in [1.82, 2.24) is 0 Å². The standard InChI is InChI=1S/C13H21NO2/c1-8(5-6-14)11-7-9(2)10(3)13(16-4)12(11)15/h7-8,15H,5-6,14H2,1-4H3. The largest absolute Gasteiger partial charge is 0.504 e. The molecule has 1 rings (SSSR count). The lowest BCUT2D eigenvalue weighted by Gasteiger charge is -2.18. The molecule has 0 aliphatic carbocycles. The molecule has 0 bridgehead atoms. The van der Waals surface area contributed by atoms with Crippen molar-refractivity contribution in [3.63, 3.8) is 0 Å². The first-order valence-electron chi connectivity index (χ1n) is 5.60. The third kappa shape index (κ3) is 2.30. The van der Waals surface area contributed by atoms with E-state index >= 15 is 0 Å². The quantitative estimate of drug-likeness (QED) is 0.824. The summed E-state index contributed by atoms with van der Waals surface area (Å²) in [5.41, 5.74) is 8.59. The molecule has 0 amide bonds. The molecule has 1 aromatic carbocycles. The van der Waals surface area contributed by atoms with Crippen molar-refractivity contribution in [3.05, 3.63) is 22.8 Å². The van der Waals surface area contributed by atoms with Crippen molar-refractivity contribution >= 4 is 0 Å². The Morgan fingerprint density at radius 1 is 1.44 bits per heavy atom. The Bertz CT molecular complexity index is 375. The molecule has 90 valence electrons. The van der Waals surface area contributed by atoms with Gasteiger partial charge in [-0.2, -0.15) is 0 Å². The fourth-order valence-corrected chi connectivity index (χ4v) is 1.93. The summed E-state index contributed by atoms with van der Waals surface area (Å²) >= 11 is 0. The molecule has 0 aliphatic rings. The smallest absolute Gasteiger partial charge is 0.163 e. The van der Waals surface area contributed by atoms with Crippen LogP contribution in [0, 0.1) is 13.8 Å². The molecule has 0 heterocycles. The van der Waals surface area contributed by atoms with Crippen LogP contribution in [0.3, 0.4) is 0 Å². The maximum atomic E-state index is 10.1. The van der Waals surface area contributed by atoms with Crippen LogP contribution in [0.2, 0.25) is 0 Å². The minimum absolute atomic E-state index is 0.248. The van der Waals surface area contributed by atoms with Gasteiger partial charge in [0.05, 0.1) is 7.11 Å². The van der Waals surface area contributed by atoms with Gasteiger partial charge in [-0.1, -0.05) is 13.0 Å². The van der Waals surface area contributed by atoms with Crippen LogP contribution in [-0.4, -0.2) is 18.8 Å². The molecule has 0 saturated heterocycles. The second kappa shape index (κ2) is 5.21. The van der Waals surface area contributed by atoms with Gasteiger partial charge in [-0.05, 0) is 43.9 Å². The predicted octanol–water partition coefficient (Wildman–Crippen LogP) is 2.47. The molecule has 0 aromatic heterocycles. The second-order valence-electron chi connectivity index (χ2n) is 4.27. The number of nitrogens with two attached hydrogens (primary N) is 1. The molecule has 1 unspecified atom stereocenters. The van der Waals surface area contributed by atoms with E-state index in [-0.39, 0.29) is 11.7 Å². The number of rotatable bonds is 4. The zero-order chi connectivity index (χ0) is 12.3. The van der Waals surface area contributed by atoms with Crippen LogP contribution in [0.25, 0.3) is 0 Å². The number of hydrogen-bond donors (Lipinski definition) is 2. The Hall–Kier alpha value is -1.22. The first-order valence-corrected chi connectivity index (χ1v) is 5.60. The van der Waals surface area contributed by atoms with E-state index in [2.05, 4.69) is 6.92 Å². The van der Waals surface area contributed by atoms with Gasteiger partial charge in [0.2, 0.25) is 0 Å². The van der Waals surface area contributed by atoms with E-state index < -0.39 is 0 Å². The van der Waals surface area contributed by atoms with Crippen LogP contribution >= 0.6 is 0 Å². The summed E-state index contributed by atoms with van der Waals surface area (Å²) in [5.74, 6) is 1.09. The van der Waals surface area contributed by atoms with Gasteiger partial charge in [0.15, 0.2) is 11.5 Å². The number of aromatic hydroxyl groups is 1. The van der Waals surface area contributed by atoms with Gasteiger partial charge in [-0.15, -0.1) is 0 Å². The van der Waals surface area contributed by atoms with E-state index in [0.29, 0.717) is 12.3 Å². The summed E-state index contributed by atoms with van der Waals surface area (Å²) in [5, 5.41) is 10.1. The average molecular weight is 223 g/mol. The van der Waals surface area contributed by atoms with Crippen LogP contribution in [0.1, 0.15) is 36.0 Å². The Labute approximate surface area is 97.2 Å². The molecule has 16 heavy (non-hydrogen) atoms. The van der Waals surface area contributed by atoms with E-state index in [9.17, 15) is 5.11 Å². The minimum Gasteiger partial charge on any atom is -0.504 e. The van der Waals surface area contributed by atoms with Crippen LogP contribution in [0.15, 0.2) is 6.07 Å². The number of benzene rings is 1. The maximum Gasteiger partial charge on any atom is 0.163 e. The maximum absolute atomic E-state index is 10.1. The molecule has 0 aliphatic heterocycles. The summed E-state index contributed by atoms with van der Waals surface area (Å²) in [7, 11) is 1.58. The molecule has 0 spiro atoms. The minimum atomic E-state index is 0.248. The van der Waals surface area contributed by atoms with Crippen LogP contribution in [0.5, 0.6) is 11.5 Å².